The smallest absolute Gasteiger partial charge is 0.246 e. The average Bonchev–Trinajstić information content (AvgIpc) is 2.38. The summed E-state index contributed by atoms with van der Waals surface area (Å²) in [6, 6.07) is -0.769. The van der Waals surface area contributed by atoms with Crippen molar-refractivity contribution in [2.24, 2.45) is 5.92 Å². The third-order valence-corrected chi connectivity index (χ3v) is 3.62. The van der Waals surface area contributed by atoms with Gasteiger partial charge in [-0.1, -0.05) is 27.2 Å². The van der Waals surface area contributed by atoms with Crippen LogP contribution in [0.2, 0.25) is 0 Å². The molecule has 1 saturated heterocycles. The van der Waals surface area contributed by atoms with E-state index in [0.29, 0.717) is 19.4 Å². The fourth-order valence-electron chi connectivity index (χ4n) is 2.26. The van der Waals surface area contributed by atoms with Gasteiger partial charge in [0, 0.05) is 13.0 Å². The van der Waals surface area contributed by atoms with Crippen LogP contribution >= 0.6 is 0 Å². The molecule has 4 nitrogen and oxygen atoms in total. The molecular weight excluding hydrogens is 228 g/mol. The molecule has 0 spiro atoms. The van der Waals surface area contributed by atoms with Crippen LogP contribution in [0.3, 0.4) is 0 Å². The Kier molecular flexibility index (Phi) is 5.21. The second-order valence-electron chi connectivity index (χ2n) is 4.78. The van der Waals surface area contributed by atoms with Gasteiger partial charge >= 0.3 is 0 Å². The van der Waals surface area contributed by atoms with Gasteiger partial charge in [-0.2, -0.15) is 0 Å². The molecule has 4 heteroatoms. The molecule has 1 N–H and O–H groups in total. The first-order valence-electron chi connectivity index (χ1n) is 6.61. The summed E-state index contributed by atoms with van der Waals surface area (Å²) in [5, 5.41) is 2.84. The van der Waals surface area contributed by atoms with Crippen LogP contribution in [0.1, 0.15) is 40.0 Å². The summed E-state index contributed by atoms with van der Waals surface area (Å²) < 4.78 is 0. The molecule has 0 bridgehead atoms. The van der Waals surface area contributed by atoms with E-state index in [1.807, 2.05) is 20.8 Å². The van der Waals surface area contributed by atoms with E-state index in [0.717, 1.165) is 6.42 Å². The Morgan fingerprint density at radius 1 is 1.44 bits per heavy atom. The van der Waals surface area contributed by atoms with Crippen LogP contribution in [0.4, 0.5) is 0 Å². The van der Waals surface area contributed by atoms with Crippen molar-refractivity contribution in [3.8, 4) is 12.3 Å². The topological polar surface area (TPSA) is 49.4 Å². The molecule has 0 aromatic rings. The van der Waals surface area contributed by atoms with Gasteiger partial charge in [0.15, 0.2) is 0 Å². The minimum Gasteiger partial charge on any atom is -0.342 e. The molecule has 1 heterocycles. The van der Waals surface area contributed by atoms with E-state index < -0.39 is 6.04 Å². The second kappa shape index (κ2) is 6.44. The van der Waals surface area contributed by atoms with E-state index in [-0.39, 0.29) is 23.8 Å². The molecule has 18 heavy (non-hydrogen) atoms. The number of amides is 2. The van der Waals surface area contributed by atoms with E-state index >= 15 is 0 Å². The van der Waals surface area contributed by atoms with Gasteiger partial charge in [0.25, 0.3) is 0 Å². The van der Waals surface area contributed by atoms with Gasteiger partial charge < -0.3 is 10.2 Å². The molecule has 1 aliphatic heterocycles. The molecule has 0 saturated carbocycles. The maximum atomic E-state index is 12.4. The third kappa shape index (κ3) is 2.84. The number of carbonyl (C=O) groups is 2. The lowest BCUT2D eigenvalue weighted by Gasteiger charge is -2.40. The van der Waals surface area contributed by atoms with Crippen molar-refractivity contribution in [3.63, 3.8) is 0 Å². The molecule has 2 amide bonds. The number of terminal acetylenes is 1. The van der Waals surface area contributed by atoms with E-state index in [9.17, 15) is 9.59 Å². The van der Waals surface area contributed by atoms with Gasteiger partial charge in [-0.3, -0.25) is 9.59 Å². The summed E-state index contributed by atoms with van der Waals surface area (Å²) in [7, 11) is 0. The number of carbonyl (C=O) groups excluding carboxylic acids is 2. The predicted octanol–water partition coefficient (Wildman–Crippen LogP) is 1.16. The molecule has 1 fully saturated rings. The molecule has 0 radical (unpaired) electrons. The normalized spacial score (nSPS) is 25.6. The number of nitrogens with zero attached hydrogens (tertiary/aromatic N) is 1. The monoisotopic (exact) mass is 250 g/mol. The zero-order valence-electron chi connectivity index (χ0n) is 11.4. The van der Waals surface area contributed by atoms with Crippen molar-refractivity contribution in [2.75, 3.05) is 6.54 Å². The van der Waals surface area contributed by atoms with Crippen molar-refractivity contribution in [3.05, 3.63) is 0 Å². The van der Waals surface area contributed by atoms with Gasteiger partial charge in [0.1, 0.15) is 12.1 Å². The van der Waals surface area contributed by atoms with E-state index in [1.54, 1.807) is 4.90 Å². The first-order valence-corrected chi connectivity index (χ1v) is 6.61. The van der Waals surface area contributed by atoms with Crippen LogP contribution in [-0.4, -0.2) is 35.3 Å². The minimum atomic E-state index is -0.400. The minimum absolute atomic E-state index is 0.00560. The first kappa shape index (κ1) is 14.6. The van der Waals surface area contributed by atoms with Crippen LogP contribution in [0.15, 0.2) is 0 Å². The summed E-state index contributed by atoms with van der Waals surface area (Å²) in [4.78, 5) is 26.1. The molecular formula is C14H22N2O2. The van der Waals surface area contributed by atoms with Crippen LogP contribution in [0.5, 0.6) is 0 Å². The number of rotatable bonds is 5. The van der Waals surface area contributed by atoms with Crippen molar-refractivity contribution in [1.29, 1.82) is 0 Å². The fourth-order valence-corrected chi connectivity index (χ4v) is 2.26. The van der Waals surface area contributed by atoms with Crippen molar-refractivity contribution >= 4 is 11.8 Å². The highest BCUT2D eigenvalue weighted by atomic mass is 16.2. The Morgan fingerprint density at radius 2 is 2.11 bits per heavy atom. The number of hydrogen-bond donors (Lipinski definition) is 1. The van der Waals surface area contributed by atoms with Gasteiger partial charge in [-0.05, 0) is 12.3 Å². The zero-order valence-corrected chi connectivity index (χ0v) is 11.4. The maximum absolute atomic E-state index is 12.4. The zero-order chi connectivity index (χ0) is 13.7. The molecule has 1 aliphatic rings. The number of hydrogen-bond acceptors (Lipinski definition) is 2. The average molecular weight is 250 g/mol. The highest BCUT2D eigenvalue weighted by molar-refractivity contribution is 5.97. The first-order chi connectivity index (χ1) is 8.56. The summed E-state index contributed by atoms with van der Waals surface area (Å²) in [6.45, 7) is 6.37. The molecule has 3 unspecified atom stereocenters. The standard InChI is InChI=1S/C14H22N2O2/c1-5-8-9-16-11(7-3)13(17)15-12(14(16)18)10(4)6-2/h1,10-12H,6-9H2,2-4H3,(H,15,17). The quantitative estimate of drug-likeness (QED) is 0.744. The van der Waals surface area contributed by atoms with Crippen molar-refractivity contribution in [2.45, 2.75) is 52.1 Å². The van der Waals surface area contributed by atoms with E-state index in [1.165, 1.54) is 0 Å². The van der Waals surface area contributed by atoms with Crippen LogP contribution in [0.25, 0.3) is 0 Å². The highest BCUT2D eigenvalue weighted by Crippen LogP contribution is 2.19. The van der Waals surface area contributed by atoms with E-state index in [2.05, 4.69) is 11.2 Å². The lowest BCUT2D eigenvalue weighted by atomic mass is 9.93. The SMILES string of the molecule is C#CCCN1C(=O)C(C(C)CC)NC(=O)C1CC. The fraction of sp³-hybridized carbons (Fsp3) is 0.714. The largest absolute Gasteiger partial charge is 0.342 e. The number of piperazine rings is 1. The molecule has 1 rings (SSSR count). The van der Waals surface area contributed by atoms with Crippen LogP contribution in [-0.2, 0) is 9.59 Å². The van der Waals surface area contributed by atoms with E-state index in [4.69, 9.17) is 6.42 Å². The lowest BCUT2D eigenvalue weighted by Crippen LogP contribution is -2.64. The summed E-state index contributed by atoms with van der Waals surface area (Å²) in [6.07, 6.45) is 7.21. The maximum Gasteiger partial charge on any atom is 0.246 e. The Labute approximate surface area is 109 Å². The summed E-state index contributed by atoms with van der Waals surface area (Å²) in [5.74, 6) is 2.62. The lowest BCUT2D eigenvalue weighted by molar-refractivity contribution is -0.150. The molecule has 3 atom stereocenters. The summed E-state index contributed by atoms with van der Waals surface area (Å²) in [5.41, 5.74) is 0. The van der Waals surface area contributed by atoms with Crippen LogP contribution in [0, 0.1) is 18.3 Å². The number of nitrogens with one attached hydrogen (secondary N) is 1. The molecule has 0 aromatic heterocycles. The van der Waals surface area contributed by atoms with Crippen LogP contribution < -0.4 is 5.32 Å². The molecule has 0 aliphatic carbocycles. The predicted molar refractivity (Wildman–Crippen MR) is 70.6 cm³/mol. The molecule has 100 valence electrons. The van der Waals surface area contributed by atoms with Gasteiger partial charge in [0.05, 0.1) is 0 Å². The highest BCUT2D eigenvalue weighted by Gasteiger charge is 2.40. The van der Waals surface area contributed by atoms with Gasteiger partial charge in [-0.25, -0.2) is 0 Å². The Morgan fingerprint density at radius 3 is 2.61 bits per heavy atom. The van der Waals surface area contributed by atoms with Crippen molar-refractivity contribution in [1.82, 2.24) is 10.2 Å². The molecule has 0 aromatic carbocycles. The Bertz CT molecular complexity index is 359. The second-order valence-corrected chi connectivity index (χ2v) is 4.78. The van der Waals surface area contributed by atoms with Gasteiger partial charge in [0.2, 0.25) is 11.8 Å². The Balaban J connectivity index is 2.90. The summed E-state index contributed by atoms with van der Waals surface area (Å²) >= 11 is 0. The van der Waals surface area contributed by atoms with Gasteiger partial charge in [-0.15, -0.1) is 12.3 Å². The Hall–Kier alpha value is -1.50. The third-order valence-electron chi connectivity index (χ3n) is 3.62. The van der Waals surface area contributed by atoms with Crippen molar-refractivity contribution < 1.29 is 9.59 Å².